The predicted octanol–water partition coefficient (Wildman–Crippen LogP) is 5.12. The molecule has 1 N–H and O–H groups in total. The van der Waals surface area contributed by atoms with Crippen molar-refractivity contribution < 1.29 is 14.0 Å². The number of thioether (sulfide) groups is 1. The summed E-state index contributed by atoms with van der Waals surface area (Å²) in [6.45, 7) is 6.54. The number of imide groups is 1. The first kappa shape index (κ1) is 17.5. The molecule has 4 rings (SSSR count). The zero-order chi connectivity index (χ0) is 19.2. The summed E-state index contributed by atoms with van der Waals surface area (Å²) < 4.78 is 5.98. The van der Waals surface area contributed by atoms with Gasteiger partial charge < -0.3 is 4.42 Å². The number of amides is 2. The maximum atomic E-state index is 11.7. The van der Waals surface area contributed by atoms with Crippen molar-refractivity contribution in [2.24, 2.45) is 0 Å². The number of nitrogens with one attached hydrogen (secondary N) is 1. The Morgan fingerprint density at radius 2 is 1.85 bits per heavy atom. The molecule has 27 heavy (non-hydrogen) atoms. The third kappa shape index (κ3) is 3.40. The molecule has 0 bridgehead atoms. The number of hydrogen-bond acceptors (Lipinski definition) is 5. The first-order valence-electron chi connectivity index (χ1n) is 8.54. The molecule has 136 valence electrons. The highest BCUT2D eigenvalue weighted by molar-refractivity contribution is 8.18. The molecule has 0 spiro atoms. The zero-order valence-electron chi connectivity index (χ0n) is 15.2. The molecule has 1 aliphatic heterocycles. The molecule has 2 amide bonds. The average Bonchev–Trinajstić information content (AvgIpc) is 3.16. The molecule has 0 aliphatic carbocycles. The molecule has 5 nitrogen and oxygen atoms in total. The van der Waals surface area contributed by atoms with Gasteiger partial charge in [-0.1, -0.05) is 45.0 Å². The van der Waals surface area contributed by atoms with Gasteiger partial charge in [0.25, 0.3) is 11.1 Å². The number of carbonyl (C=O) groups is 2. The lowest BCUT2D eigenvalue weighted by atomic mass is 9.86. The van der Waals surface area contributed by atoms with E-state index in [2.05, 4.69) is 55.3 Å². The molecule has 2 aromatic heterocycles. The number of furan rings is 1. The second kappa shape index (κ2) is 6.39. The fourth-order valence-corrected chi connectivity index (χ4v) is 3.62. The van der Waals surface area contributed by atoms with Crippen molar-refractivity contribution in [3.8, 4) is 11.1 Å². The van der Waals surface area contributed by atoms with Crippen LogP contribution in [0.4, 0.5) is 4.79 Å². The second-order valence-electron chi connectivity index (χ2n) is 7.43. The van der Waals surface area contributed by atoms with Crippen molar-refractivity contribution in [2.75, 3.05) is 0 Å². The van der Waals surface area contributed by atoms with E-state index < -0.39 is 5.91 Å². The minimum atomic E-state index is -0.401. The molecule has 0 atom stereocenters. The van der Waals surface area contributed by atoms with Gasteiger partial charge in [0.05, 0.1) is 4.91 Å². The number of carbonyl (C=O) groups excluding carboxylic acids is 2. The van der Waals surface area contributed by atoms with Crippen LogP contribution in [0.5, 0.6) is 0 Å². The van der Waals surface area contributed by atoms with Crippen molar-refractivity contribution >= 4 is 40.0 Å². The van der Waals surface area contributed by atoms with Gasteiger partial charge >= 0.3 is 0 Å². The molecule has 6 heteroatoms. The Bertz CT molecular complexity index is 1090. The van der Waals surface area contributed by atoms with Gasteiger partial charge in [-0.15, -0.1) is 0 Å². The highest BCUT2D eigenvalue weighted by atomic mass is 32.2. The number of rotatable bonds is 2. The van der Waals surface area contributed by atoms with Gasteiger partial charge in [-0.2, -0.15) is 0 Å². The molecule has 0 saturated carbocycles. The van der Waals surface area contributed by atoms with Crippen LogP contribution in [0, 0.1) is 0 Å². The van der Waals surface area contributed by atoms with E-state index in [-0.39, 0.29) is 10.7 Å². The fraction of sp³-hybridized carbons (Fsp3) is 0.190. The first-order chi connectivity index (χ1) is 12.8. The Labute approximate surface area is 160 Å². The molecule has 0 unspecified atom stereocenters. The molecule has 1 saturated heterocycles. The van der Waals surface area contributed by atoms with Crippen molar-refractivity contribution in [3.63, 3.8) is 0 Å². The quantitative estimate of drug-likeness (QED) is 0.627. The van der Waals surface area contributed by atoms with E-state index >= 15 is 0 Å². The molecule has 1 aromatic carbocycles. The normalized spacial score (nSPS) is 16.3. The van der Waals surface area contributed by atoms with E-state index in [9.17, 15) is 9.59 Å². The summed E-state index contributed by atoms with van der Waals surface area (Å²) in [5.41, 5.74) is 3.94. The van der Waals surface area contributed by atoms with Crippen LogP contribution in [0.15, 0.2) is 52.0 Å². The monoisotopic (exact) mass is 378 g/mol. The second-order valence-corrected chi connectivity index (χ2v) is 8.45. The van der Waals surface area contributed by atoms with E-state index in [1.54, 1.807) is 18.5 Å². The van der Waals surface area contributed by atoms with E-state index in [1.165, 1.54) is 5.56 Å². The van der Waals surface area contributed by atoms with Crippen molar-refractivity contribution in [1.82, 2.24) is 10.3 Å². The maximum absolute atomic E-state index is 11.7. The largest absolute Gasteiger partial charge is 0.456 e. The third-order valence-corrected chi connectivity index (χ3v) is 5.23. The predicted molar refractivity (Wildman–Crippen MR) is 107 cm³/mol. The van der Waals surface area contributed by atoms with Crippen LogP contribution in [0.1, 0.15) is 32.1 Å². The van der Waals surface area contributed by atoms with Gasteiger partial charge in [-0.25, -0.2) is 0 Å². The SMILES string of the molecule is CC(C)(C)c1ccc(-c2cncc3cc(C=C4SC(=O)NC4=O)oc23)cc1. The molecule has 1 fully saturated rings. The summed E-state index contributed by atoms with van der Waals surface area (Å²) in [7, 11) is 0. The number of fused-ring (bicyclic) bond motifs is 1. The summed E-state index contributed by atoms with van der Waals surface area (Å²) in [5, 5.41) is 2.71. The summed E-state index contributed by atoms with van der Waals surface area (Å²) in [6, 6.07) is 10.2. The lowest BCUT2D eigenvalue weighted by Crippen LogP contribution is -2.17. The third-order valence-electron chi connectivity index (χ3n) is 4.42. The van der Waals surface area contributed by atoms with Gasteiger partial charge in [-0.05, 0) is 34.4 Å². The number of aromatic nitrogens is 1. The van der Waals surface area contributed by atoms with Gasteiger partial charge in [0.15, 0.2) is 0 Å². The lowest BCUT2D eigenvalue weighted by Gasteiger charge is -2.19. The van der Waals surface area contributed by atoms with Crippen LogP contribution in [0.3, 0.4) is 0 Å². The Kier molecular flexibility index (Phi) is 4.15. The van der Waals surface area contributed by atoms with Crippen LogP contribution in [0.25, 0.3) is 28.2 Å². The lowest BCUT2D eigenvalue weighted by molar-refractivity contribution is -0.115. The number of benzene rings is 1. The molecular formula is C21H18N2O3S. The number of nitrogens with zero attached hydrogens (tertiary/aromatic N) is 1. The number of hydrogen-bond donors (Lipinski definition) is 1. The molecule has 3 heterocycles. The highest BCUT2D eigenvalue weighted by Gasteiger charge is 2.25. The molecule has 1 aliphatic rings. The molecule has 0 radical (unpaired) electrons. The Morgan fingerprint density at radius 1 is 1.11 bits per heavy atom. The number of pyridine rings is 1. The summed E-state index contributed by atoms with van der Waals surface area (Å²) in [4.78, 5) is 27.7. The van der Waals surface area contributed by atoms with Crippen molar-refractivity contribution in [1.29, 1.82) is 0 Å². The van der Waals surface area contributed by atoms with Gasteiger partial charge in [-0.3, -0.25) is 19.9 Å². The van der Waals surface area contributed by atoms with Gasteiger partial charge in [0.2, 0.25) is 0 Å². The maximum Gasteiger partial charge on any atom is 0.290 e. The van der Waals surface area contributed by atoms with Crippen LogP contribution < -0.4 is 5.32 Å². The van der Waals surface area contributed by atoms with Crippen LogP contribution >= 0.6 is 11.8 Å². The fourth-order valence-electron chi connectivity index (χ4n) is 2.96. The summed E-state index contributed by atoms with van der Waals surface area (Å²) >= 11 is 0.869. The van der Waals surface area contributed by atoms with E-state index in [0.717, 1.165) is 28.3 Å². The molecular weight excluding hydrogens is 360 g/mol. The van der Waals surface area contributed by atoms with Crippen molar-refractivity contribution in [2.45, 2.75) is 26.2 Å². The minimum Gasteiger partial charge on any atom is -0.456 e. The van der Waals surface area contributed by atoms with Crippen LogP contribution in [0.2, 0.25) is 0 Å². The average molecular weight is 378 g/mol. The summed E-state index contributed by atoms with van der Waals surface area (Å²) in [5.74, 6) is 0.111. The summed E-state index contributed by atoms with van der Waals surface area (Å²) in [6.07, 6.45) is 5.08. The van der Waals surface area contributed by atoms with Crippen LogP contribution in [-0.2, 0) is 10.2 Å². The first-order valence-corrected chi connectivity index (χ1v) is 9.36. The van der Waals surface area contributed by atoms with Crippen molar-refractivity contribution in [3.05, 3.63) is 59.0 Å². The van der Waals surface area contributed by atoms with Crippen LogP contribution in [-0.4, -0.2) is 16.1 Å². The van der Waals surface area contributed by atoms with E-state index in [0.29, 0.717) is 16.2 Å². The highest BCUT2D eigenvalue weighted by Crippen LogP contribution is 2.33. The van der Waals surface area contributed by atoms with E-state index in [1.807, 2.05) is 6.07 Å². The smallest absolute Gasteiger partial charge is 0.290 e. The van der Waals surface area contributed by atoms with Gasteiger partial charge in [0, 0.05) is 29.4 Å². The Hall–Kier alpha value is -2.86. The van der Waals surface area contributed by atoms with Gasteiger partial charge in [0.1, 0.15) is 11.3 Å². The Morgan fingerprint density at radius 3 is 2.48 bits per heavy atom. The standard InChI is InChI=1S/C21H18N2O3S/c1-21(2,3)14-6-4-12(5-7-14)16-11-22-10-13-8-15(26-18(13)16)9-17-19(24)23-20(25)27-17/h4-11H,1-3H3,(H,23,24,25). The zero-order valence-corrected chi connectivity index (χ0v) is 16.0. The minimum absolute atomic E-state index is 0.0871. The molecule has 3 aromatic rings. The van der Waals surface area contributed by atoms with E-state index in [4.69, 9.17) is 4.42 Å². The topological polar surface area (TPSA) is 72.2 Å². The Balaban J connectivity index is 1.75.